The smallest absolute Gasteiger partial charge is 0.211 e. The molecular weight excluding hydrogens is 254 g/mol. The van der Waals surface area contributed by atoms with E-state index in [1.165, 1.54) is 15.9 Å². The van der Waals surface area contributed by atoms with E-state index < -0.39 is 0 Å². The highest BCUT2D eigenvalue weighted by Crippen LogP contribution is 2.40. The highest BCUT2D eigenvalue weighted by atomic mass is 32.1. The molecule has 1 heterocycles. The molecule has 2 atom stereocenters. The summed E-state index contributed by atoms with van der Waals surface area (Å²) >= 11 is 1.70. The van der Waals surface area contributed by atoms with Crippen LogP contribution in [0.5, 0.6) is 0 Å². The topological polar surface area (TPSA) is 29.6 Å². The minimum Gasteiger partial charge on any atom is -0.318 e. The van der Waals surface area contributed by atoms with E-state index in [0.29, 0.717) is 5.92 Å². The van der Waals surface area contributed by atoms with Crippen molar-refractivity contribution in [2.45, 2.75) is 12.8 Å². The second-order valence-corrected chi connectivity index (χ2v) is 6.25. The number of rotatable bonds is 1. The largest absolute Gasteiger partial charge is 0.318 e. The first kappa shape index (κ1) is 11.2. The third kappa shape index (κ3) is 1.70. The zero-order valence-corrected chi connectivity index (χ0v) is 11.6. The van der Waals surface area contributed by atoms with Gasteiger partial charge in [0.15, 0.2) is 0 Å². The molecule has 19 heavy (non-hydrogen) atoms. The van der Waals surface area contributed by atoms with E-state index in [1.807, 2.05) is 0 Å². The third-order valence-electron chi connectivity index (χ3n) is 4.14. The van der Waals surface area contributed by atoms with Crippen LogP contribution in [0.3, 0.4) is 0 Å². The molecule has 1 saturated carbocycles. The molecule has 4 heteroatoms. The summed E-state index contributed by atoms with van der Waals surface area (Å²) in [6.45, 7) is 0. The highest BCUT2D eigenvalue weighted by Gasteiger charge is 2.37. The monoisotopic (exact) mass is 269 g/mol. The maximum absolute atomic E-state index is 4.49. The number of aromatic nitrogens is 1. The number of hydrogen-bond donors (Lipinski definition) is 0. The second-order valence-electron chi connectivity index (χ2n) is 5.24. The number of fused-ring (bicyclic) bond motifs is 2. The molecule has 0 unspecified atom stereocenters. The fourth-order valence-electron chi connectivity index (χ4n) is 2.93. The lowest BCUT2D eigenvalue weighted by Crippen LogP contribution is -2.33. The molecule has 1 aromatic carbocycles. The Hall–Kier alpha value is -1.68. The molecule has 2 aliphatic carbocycles. The fourth-order valence-corrected chi connectivity index (χ4v) is 3.90. The number of aryl methyl sites for hydroxylation is 1. The first-order valence-electron chi connectivity index (χ1n) is 6.64. The minimum absolute atomic E-state index is 0.642. The molecule has 2 aromatic rings. The van der Waals surface area contributed by atoms with Crippen LogP contribution in [0.15, 0.2) is 46.6 Å². The van der Waals surface area contributed by atoms with Crippen LogP contribution >= 0.6 is 11.3 Å². The number of hydrogen-bond acceptors (Lipinski definition) is 3. The molecule has 0 aliphatic heterocycles. The van der Waals surface area contributed by atoms with Crippen LogP contribution in [0.1, 0.15) is 12.8 Å². The average Bonchev–Trinajstić information content (AvgIpc) is 2.93. The predicted octanol–water partition coefficient (Wildman–Crippen LogP) is 3.09. The minimum atomic E-state index is 0.642. The Kier molecular flexibility index (Phi) is 2.45. The van der Waals surface area contributed by atoms with Crippen molar-refractivity contribution in [3.8, 4) is 0 Å². The summed E-state index contributed by atoms with van der Waals surface area (Å²) in [5, 5.41) is 8.96. The molecular formula is C15H15N3S. The molecule has 0 radical (unpaired) electrons. The van der Waals surface area contributed by atoms with Gasteiger partial charge in [-0.1, -0.05) is 35.6 Å². The summed E-state index contributed by atoms with van der Waals surface area (Å²) in [5.74, 6) is 1.38. The normalized spacial score (nSPS) is 28.1. The summed E-state index contributed by atoms with van der Waals surface area (Å²) in [6, 6.07) is 8.38. The van der Waals surface area contributed by atoms with E-state index >= 15 is 0 Å². The van der Waals surface area contributed by atoms with Gasteiger partial charge in [-0.3, -0.25) is 0 Å². The molecule has 0 N–H and O–H groups in total. The van der Waals surface area contributed by atoms with Gasteiger partial charge in [-0.15, -0.1) is 5.10 Å². The Morgan fingerprint density at radius 2 is 2.16 bits per heavy atom. The van der Waals surface area contributed by atoms with Gasteiger partial charge in [0.25, 0.3) is 0 Å². The van der Waals surface area contributed by atoms with Crippen molar-refractivity contribution in [1.29, 1.82) is 0 Å². The van der Waals surface area contributed by atoms with E-state index in [2.05, 4.69) is 58.2 Å². The van der Waals surface area contributed by atoms with Gasteiger partial charge in [-0.2, -0.15) is 5.10 Å². The average molecular weight is 269 g/mol. The van der Waals surface area contributed by atoms with Gasteiger partial charge in [0.1, 0.15) is 0 Å². The lowest BCUT2D eigenvalue weighted by atomic mass is 9.74. The van der Waals surface area contributed by atoms with Gasteiger partial charge in [0.2, 0.25) is 4.80 Å². The third-order valence-corrected chi connectivity index (χ3v) is 5.24. The van der Waals surface area contributed by atoms with E-state index in [0.717, 1.165) is 23.6 Å². The van der Waals surface area contributed by atoms with E-state index in [9.17, 15) is 0 Å². The van der Waals surface area contributed by atoms with Gasteiger partial charge < -0.3 is 4.57 Å². The SMILES string of the molecule is Cn1/c(=N\N=C2\C[C@H]3C=CC[C@H]23)sc2ccccc21. The Labute approximate surface area is 115 Å². The van der Waals surface area contributed by atoms with Crippen LogP contribution in [0.25, 0.3) is 10.2 Å². The summed E-state index contributed by atoms with van der Waals surface area (Å²) in [4.78, 5) is 0.975. The number of allylic oxidation sites excluding steroid dienone is 2. The summed E-state index contributed by atoms with van der Waals surface area (Å²) in [6.07, 6.45) is 6.84. The predicted molar refractivity (Wildman–Crippen MR) is 79.1 cm³/mol. The van der Waals surface area contributed by atoms with Crippen molar-refractivity contribution in [2.75, 3.05) is 0 Å². The van der Waals surface area contributed by atoms with Gasteiger partial charge in [0.05, 0.1) is 10.2 Å². The van der Waals surface area contributed by atoms with Crippen molar-refractivity contribution < 1.29 is 0 Å². The zero-order chi connectivity index (χ0) is 12.8. The molecule has 4 rings (SSSR count). The van der Waals surface area contributed by atoms with Crippen LogP contribution in [0, 0.1) is 11.8 Å². The van der Waals surface area contributed by atoms with Crippen LogP contribution in [-0.4, -0.2) is 10.3 Å². The molecule has 0 amide bonds. The van der Waals surface area contributed by atoms with E-state index in [1.54, 1.807) is 11.3 Å². The number of thiazole rings is 1. The summed E-state index contributed by atoms with van der Waals surface area (Å²) in [5.41, 5.74) is 2.49. The van der Waals surface area contributed by atoms with E-state index in [-0.39, 0.29) is 0 Å². The first-order valence-corrected chi connectivity index (χ1v) is 7.46. The van der Waals surface area contributed by atoms with Crippen LogP contribution in [-0.2, 0) is 7.05 Å². The maximum atomic E-state index is 4.49. The van der Waals surface area contributed by atoms with Gasteiger partial charge in [-0.05, 0) is 30.9 Å². The van der Waals surface area contributed by atoms with Crippen molar-refractivity contribution in [3.05, 3.63) is 41.2 Å². The summed E-state index contributed by atoms with van der Waals surface area (Å²) < 4.78 is 3.38. The van der Waals surface area contributed by atoms with Crippen molar-refractivity contribution in [3.63, 3.8) is 0 Å². The quantitative estimate of drug-likeness (QED) is 0.562. The standard InChI is InChI=1S/C15H15N3S/c1-18-13-7-2-3-8-14(13)19-15(18)17-16-12-9-10-5-4-6-11(10)12/h2-5,7-8,10-11H,6,9H2,1H3/b16-12-,17-15+/t10-,11+/m1/s1. The van der Waals surface area contributed by atoms with Gasteiger partial charge >= 0.3 is 0 Å². The van der Waals surface area contributed by atoms with Gasteiger partial charge in [-0.25, -0.2) is 0 Å². The van der Waals surface area contributed by atoms with Crippen molar-refractivity contribution >= 4 is 27.3 Å². The maximum Gasteiger partial charge on any atom is 0.211 e. The number of para-hydroxylation sites is 1. The lowest BCUT2D eigenvalue weighted by Gasteiger charge is -2.31. The second kappa shape index (κ2) is 4.17. The Morgan fingerprint density at radius 1 is 1.26 bits per heavy atom. The van der Waals surface area contributed by atoms with Gasteiger partial charge in [0, 0.05) is 18.7 Å². The first-order chi connectivity index (χ1) is 9.33. The van der Waals surface area contributed by atoms with Crippen LogP contribution in [0.2, 0.25) is 0 Å². The molecule has 0 bridgehead atoms. The Balaban J connectivity index is 1.73. The summed E-state index contributed by atoms with van der Waals surface area (Å²) in [7, 11) is 2.05. The number of nitrogens with zero attached hydrogens (tertiary/aromatic N) is 3. The highest BCUT2D eigenvalue weighted by molar-refractivity contribution is 7.16. The molecule has 2 aliphatic rings. The van der Waals surface area contributed by atoms with Crippen LogP contribution < -0.4 is 4.80 Å². The molecule has 96 valence electrons. The molecule has 0 saturated heterocycles. The Morgan fingerprint density at radius 3 is 3.00 bits per heavy atom. The van der Waals surface area contributed by atoms with Crippen molar-refractivity contribution in [1.82, 2.24) is 4.57 Å². The molecule has 1 aromatic heterocycles. The fraction of sp³-hybridized carbons (Fsp3) is 0.333. The van der Waals surface area contributed by atoms with Crippen molar-refractivity contribution in [2.24, 2.45) is 29.1 Å². The Bertz CT molecular complexity index is 763. The van der Waals surface area contributed by atoms with E-state index in [4.69, 9.17) is 0 Å². The molecule has 3 nitrogen and oxygen atoms in total. The lowest BCUT2D eigenvalue weighted by molar-refractivity contribution is 0.465. The number of benzene rings is 1. The van der Waals surface area contributed by atoms with Crippen LogP contribution in [0.4, 0.5) is 0 Å². The molecule has 0 spiro atoms. The zero-order valence-electron chi connectivity index (χ0n) is 10.8. The molecule has 1 fully saturated rings.